The molecule has 3 aromatic heterocycles. The van der Waals surface area contributed by atoms with E-state index in [1.165, 1.54) is 16.0 Å². The van der Waals surface area contributed by atoms with Crippen LogP contribution in [0.2, 0.25) is 0 Å². The van der Waals surface area contributed by atoms with Crippen LogP contribution in [0.4, 0.5) is 18.2 Å². The Labute approximate surface area is 215 Å². The van der Waals surface area contributed by atoms with Crippen LogP contribution >= 0.6 is 11.3 Å². The maximum atomic E-state index is 13.5. The molecule has 5 rings (SSSR count). The van der Waals surface area contributed by atoms with Crippen molar-refractivity contribution in [2.45, 2.75) is 77.6 Å². The van der Waals surface area contributed by atoms with Crippen molar-refractivity contribution >= 4 is 28.2 Å². The third-order valence-corrected chi connectivity index (χ3v) is 7.94. The first-order valence-electron chi connectivity index (χ1n) is 12.4. The van der Waals surface area contributed by atoms with E-state index in [9.17, 15) is 22.8 Å². The normalized spacial score (nSPS) is 15.1. The van der Waals surface area contributed by atoms with Gasteiger partial charge in [0.2, 0.25) is 5.91 Å². The predicted octanol–water partition coefficient (Wildman–Crippen LogP) is 4.39. The number of hydrogen-bond donors (Lipinski definition) is 2. The molecular weight excluding hydrogens is 505 g/mol. The number of halogens is 3. The van der Waals surface area contributed by atoms with Crippen molar-refractivity contribution in [2.75, 3.05) is 5.32 Å². The van der Waals surface area contributed by atoms with E-state index in [4.69, 9.17) is 0 Å². The van der Waals surface area contributed by atoms with E-state index in [0.717, 1.165) is 48.2 Å². The Balaban J connectivity index is 1.36. The van der Waals surface area contributed by atoms with Crippen molar-refractivity contribution in [1.29, 1.82) is 0 Å². The molecule has 0 radical (unpaired) electrons. The number of rotatable bonds is 6. The summed E-state index contributed by atoms with van der Waals surface area (Å²) in [5, 5.41) is 9.87. The highest BCUT2D eigenvalue weighted by Gasteiger charge is 2.39. The van der Waals surface area contributed by atoms with Crippen LogP contribution in [0.1, 0.15) is 74.8 Å². The number of aryl methyl sites for hydroxylation is 2. The first kappa shape index (κ1) is 25.4. The second-order valence-electron chi connectivity index (χ2n) is 9.43. The quantitative estimate of drug-likeness (QED) is 0.491. The third-order valence-electron chi connectivity index (χ3n) is 6.73. The monoisotopic (exact) mass is 532 g/mol. The fourth-order valence-corrected chi connectivity index (χ4v) is 6.30. The first-order chi connectivity index (χ1) is 17.7. The molecule has 0 fully saturated rings. The third kappa shape index (κ3) is 5.39. The summed E-state index contributed by atoms with van der Waals surface area (Å²) in [5.74, 6) is -0.838. The SMILES string of the molecule is Cc1cnc(CNC(=O)c2c(NC(=O)Cn3nc(C(F)(F)F)c4c3CCCC4)sc3c2CCCC3)cn1. The molecule has 2 N–H and O–H groups in total. The van der Waals surface area contributed by atoms with Gasteiger partial charge >= 0.3 is 6.18 Å². The van der Waals surface area contributed by atoms with Crippen molar-refractivity contribution < 1.29 is 22.8 Å². The zero-order valence-electron chi connectivity index (χ0n) is 20.4. The Morgan fingerprint density at radius 1 is 1.03 bits per heavy atom. The fourth-order valence-electron chi connectivity index (χ4n) is 5.00. The van der Waals surface area contributed by atoms with Crippen molar-refractivity contribution in [3.63, 3.8) is 0 Å². The van der Waals surface area contributed by atoms with Crippen LogP contribution in [0, 0.1) is 6.92 Å². The number of thiophene rings is 1. The molecule has 2 amide bonds. The lowest BCUT2D eigenvalue weighted by molar-refractivity contribution is -0.142. The second-order valence-corrected chi connectivity index (χ2v) is 10.5. The summed E-state index contributed by atoms with van der Waals surface area (Å²) in [4.78, 5) is 35.8. The molecule has 3 heterocycles. The maximum Gasteiger partial charge on any atom is 0.435 e. The number of anilines is 1. The number of alkyl halides is 3. The Morgan fingerprint density at radius 3 is 2.49 bits per heavy atom. The van der Waals surface area contributed by atoms with Gasteiger partial charge in [0.1, 0.15) is 11.5 Å². The number of fused-ring (bicyclic) bond motifs is 2. The average Bonchev–Trinajstić information content (AvgIpc) is 3.42. The smallest absolute Gasteiger partial charge is 0.346 e. The van der Waals surface area contributed by atoms with Crippen molar-refractivity contribution in [2.24, 2.45) is 0 Å². The number of nitrogens with one attached hydrogen (secondary N) is 2. The van der Waals surface area contributed by atoms with E-state index < -0.39 is 17.8 Å². The highest BCUT2D eigenvalue weighted by atomic mass is 32.1. The standard InChI is InChI=1S/C25H27F3N6O2S/c1-14-10-30-15(11-29-14)12-31-23(36)21-17-7-3-5-9-19(17)37-24(21)32-20(35)13-34-18-8-4-2-6-16(18)22(33-34)25(26,27)28/h10-11H,2-9,12-13H2,1H3,(H,31,36)(H,32,35). The van der Waals surface area contributed by atoms with Gasteiger partial charge in [0.25, 0.3) is 5.91 Å². The molecule has 8 nitrogen and oxygen atoms in total. The Kier molecular flexibility index (Phi) is 7.02. The fraction of sp³-hybridized carbons (Fsp3) is 0.480. The molecule has 12 heteroatoms. The highest BCUT2D eigenvalue weighted by molar-refractivity contribution is 7.17. The minimum atomic E-state index is -4.57. The van der Waals surface area contributed by atoms with Gasteiger partial charge in [0.15, 0.2) is 5.69 Å². The van der Waals surface area contributed by atoms with Crippen molar-refractivity contribution in [3.8, 4) is 0 Å². The van der Waals surface area contributed by atoms with Gasteiger partial charge in [0, 0.05) is 22.3 Å². The minimum absolute atomic E-state index is 0.184. The van der Waals surface area contributed by atoms with Crippen LogP contribution in [0.25, 0.3) is 0 Å². The molecule has 0 aliphatic heterocycles. The molecule has 0 aromatic carbocycles. The van der Waals surface area contributed by atoms with Gasteiger partial charge in [-0.1, -0.05) is 0 Å². The highest BCUT2D eigenvalue weighted by Crippen LogP contribution is 2.39. The van der Waals surface area contributed by atoms with Crippen LogP contribution in [0.5, 0.6) is 0 Å². The molecule has 0 saturated heterocycles. The van der Waals surface area contributed by atoms with Gasteiger partial charge in [0.05, 0.1) is 29.7 Å². The maximum absolute atomic E-state index is 13.5. The summed E-state index contributed by atoms with van der Waals surface area (Å²) >= 11 is 1.36. The largest absolute Gasteiger partial charge is 0.435 e. The second kappa shape index (κ2) is 10.2. The zero-order chi connectivity index (χ0) is 26.2. The summed E-state index contributed by atoms with van der Waals surface area (Å²) in [5.41, 5.74) is 2.49. The molecular formula is C25H27F3N6O2S. The van der Waals surface area contributed by atoms with Crippen molar-refractivity contribution in [1.82, 2.24) is 25.1 Å². The van der Waals surface area contributed by atoms with E-state index in [1.54, 1.807) is 12.4 Å². The number of aromatic nitrogens is 4. The number of carbonyl (C=O) groups is 2. The Hall–Kier alpha value is -3.28. The van der Waals surface area contributed by atoms with Gasteiger partial charge in [-0.15, -0.1) is 11.3 Å². The van der Waals surface area contributed by atoms with Gasteiger partial charge in [-0.2, -0.15) is 18.3 Å². The first-order valence-corrected chi connectivity index (χ1v) is 13.2. The molecule has 0 spiro atoms. The van der Waals surface area contributed by atoms with Crippen LogP contribution < -0.4 is 10.6 Å². The minimum Gasteiger partial charge on any atom is -0.346 e. The Morgan fingerprint density at radius 2 is 1.76 bits per heavy atom. The van der Waals surface area contributed by atoms with E-state index in [2.05, 4.69) is 25.7 Å². The lowest BCUT2D eigenvalue weighted by atomic mass is 9.95. The molecule has 2 aliphatic carbocycles. The number of amides is 2. The summed E-state index contributed by atoms with van der Waals surface area (Å²) in [6, 6.07) is 0. The molecule has 0 saturated carbocycles. The van der Waals surface area contributed by atoms with E-state index in [0.29, 0.717) is 41.2 Å². The number of hydrogen-bond acceptors (Lipinski definition) is 6. The van der Waals surface area contributed by atoms with Crippen LogP contribution in [0.3, 0.4) is 0 Å². The van der Waals surface area contributed by atoms with E-state index in [-0.39, 0.29) is 24.6 Å². The summed E-state index contributed by atoms with van der Waals surface area (Å²) in [7, 11) is 0. The van der Waals surface area contributed by atoms with E-state index >= 15 is 0 Å². The molecule has 3 aromatic rings. The molecule has 0 unspecified atom stereocenters. The molecule has 2 aliphatic rings. The lowest BCUT2D eigenvalue weighted by Crippen LogP contribution is -2.27. The summed E-state index contributed by atoms with van der Waals surface area (Å²) in [6.07, 6.45) is 4.33. The molecule has 37 heavy (non-hydrogen) atoms. The molecule has 0 atom stereocenters. The zero-order valence-corrected chi connectivity index (χ0v) is 21.2. The van der Waals surface area contributed by atoms with Crippen LogP contribution in [0.15, 0.2) is 12.4 Å². The summed E-state index contributed by atoms with van der Waals surface area (Å²) in [6.45, 7) is 1.66. The number of carbonyl (C=O) groups excluding carboxylic acids is 2. The molecule has 0 bridgehead atoms. The lowest BCUT2D eigenvalue weighted by Gasteiger charge is -2.15. The van der Waals surface area contributed by atoms with Gasteiger partial charge < -0.3 is 10.6 Å². The van der Waals surface area contributed by atoms with Gasteiger partial charge in [-0.3, -0.25) is 24.2 Å². The van der Waals surface area contributed by atoms with Gasteiger partial charge in [-0.25, -0.2) is 0 Å². The van der Waals surface area contributed by atoms with Crippen LogP contribution in [-0.2, 0) is 49.7 Å². The van der Waals surface area contributed by atoms with E-state index in [1.807, 2.05) is 6.92 Å². The van der Waals surface area contributed by atoms with Gasteiger partial charge in [-0.05, 0) is 63.9 Å². The summed E-state index contributed by atoms with van der Waals surface area (Å²) < 4.78 is 41.8. The Bertz CT molecular complexity index is 1330. The average molecular weight is 533 g/mol. The van der Waals surface area contributed by atoms with Crippen molar-refractivity contribution in [3.05, 3.63) is 56.7 Å². The predicted molar refractivity (Wildman–Crippen MR) is 131 cm³/mol. The van der Waals surface area contributed by atoms with Crippen LogP contribution in [-0.4, -0.2) is 31.6 Å². The molecule has 196 valence electrons. The topological polar surface area (TPSA) is 102 Å². The number of nitrogens with zero attached hydrogens (tertiary/aromatic N) is 4.